The van der Waals surface area contributed by atoms with E-state index in [1.807, 2.05) is 48.5 Å². The molecule has 1 aliphatic carbocycles. The molecule has 7 heteroatoms. The molecule has 1 aliphatic rings. The van der Waals surface area contributed by atoms with Crippen molar-refractivity contribution in [1.29, 1.82) is 0 Å². The second-order valence-corrected chi connectivity index (χ2v) is 8.85. The molecule has 0 radical (unpaired) electrons. The zero-order chi connectivity index (χ0) is 22.8. The highest BCUT2D eigenvalue weighted by molar-refractivity contribution is 5.82. The van der Waals surface area contributed by atoms with Crippen LogP contribution in [0.1, 0.15) is 44.2 Å². The Morgan fingerprint density at radius 2 is 1.45 bits per heavy atom. The van der Waals surface area contributed by atoms with E-state index in [2.05, 4.69) is 5.32 Å². The van der Waals surface area contributed by atoms with Crippen LogP contribution in [0.2, 0.25) is 0 Å². The van der Waals surface area contributed by atoms with Crippen LogP contribution >= 0.6 is 0 Å². The molecule has 3 N–H and O–H groups in total. The van der Waals surface area contributed by atoms with E-state index in [1.54, 1.807) is 20.8 Å². The van der Waals surface area contributed by atoms with E-state index < -0.39 is 35.4 Å². The lowest BCUT2D eigenvalue weighted by molar-refractivity contribution is -0.147. The average Bonchev–Trinajstić information content (AvgIpc) is 3.02. The second kappa shape index (κ2) is 8.79. The van der Waals surface area contributed by atoms with Gasteiger partial charge in [-0.05, 0) is 34.1 Å². The number of benzene rings is 2. The molecule has 0 unspecified atom stereocenters. The Labute approximate surface area is 181 Å². The number of carboxylic acid groups (broad SMARTS) is 2. The summed E-state index contributed by atoms with van der Waals surface area (Å²) in [5, 5.41) is 21.3. The largest absolute Gasteiger partial charge is 0.481 e. The van der Waals surface area contributed by atoms with E-state index in [1.165, 1.54) is 0 Å². The van der Waals surface area contributed by atoms with Crippen molar-refractivity contribution < 1.29 is 29.3 Å². The third kappa shape index (κ3) is 4.87. The number of ether oxygens (including phenoxy) is 1. The number of rotatable bonds is 7. The maximum Gasteiger partial charge on any atom is 0.407 e. The first-order chi connectivity index (χ1) is 14.6. The van der Waals surface area contributed by atoms with Gasteiger partial charge in [0.1, 0.15) is 12.6 Å². The average molecular weight is 425 g/mol. The summed E-state index contributed by atoms with van der Waals surface area (Å²) in [6.45, 7) is 5.21. The highest BCUT2D eigenvalue weighted by atomic mass is 16.5. The van der Waals surface area contributed by atoms with Gasteiger partial charge in [-0.3, -0.25) is 4.79 Å². The Morgan fingerprint density at radius 1 is 0.935 bits per heavy atom. The Kier molecular flexibility index (Phi) is 6.34. The van der Waals surface area contributed by atoms with Gasteiger partial charge in [0.05, 0.1) is 5.92 Å². The van der Waals surface area contributed by atoms with Gasteiger partial charge in [0.25, 0.3) is 0 Å². The third-order valence-corrected chi connectivity index (χ3v) is 5.75. The van der Waals surface area contributed by atoms with E-state index in [-0.39, 0.29) is 18.9 Å². The van der Waals surface area contributed by atoms with Crippen LogP contribution in [0.5, 0.6) is 0 Å². The molecule has 164 valence electrons. The molecule has 31 heavy (non-hydrogen) atoms. The molecular weight excluding hydrogens is 398 g/mol. The lowest BCUT2D eigenvalue weighted by Gasteiger charge is -2.29. The summed E-state index contributed by atoms with van der Waals surface area (Å²) in [6.07, 6.45) is -1.12. The summed E-state index contributed by atoms with van der Waals surface area (Å²) < 4.78 is 5.39. The fraction of sp³-hybridized carbons (Fsp3) is 0.375. The van der Waals surface area contributed by atoms with Crippen molar-refractivity contribution in [2.24, 2.45) is 11.3 Å². The van der Waals surface area contributed by atoms with Crippen molar-refractivity contribution in [3.63, 3.8) is 0 Å². The number of hydrogen-bond acceptors (Lipinski definition) is 4. The molecule has 0 bridgehead atoms. The molecular formula is C24H27NO6. The number of nitrogens with one attached hydrogen (secondary N) is 1. The minimum Gasteiger partial charge on any atom is -0.481 e. The van der Waals surface area contributed by atoms with Gasteiger partial charge >= 0.3 is 18.0 Å². The summed E-state index contributed by atoms with van der Waals surface area (Å²) in [7, 11) is 0. The van der Waals surface area contributed by atoms with Crippen molar-refractivity contribution in [3.05, 3.63) is 59.7 Å². The lowest BCUT2D eigenvalue weighted by atomic mass is 9.77. The minimum absolute atomic E-state index is 0.0494. The highest BCUT2D eigenvalue weighted by Crippen LogP contribution is 2.44. The fourth-order valence-corrected chi connectivity index (χ4v) is 4.06. The molecule has 0 heterocycles. The number of amides is 1. The quantitative estimate of drug-likeness (QED) is 0.615. The standard InChI is InChI=1S/C24H27NO6/c1-24(2,3)19(21(26)27)12-20(22(28)29)25-23(30)31-13-18-16-10-6-4-8-14(16)15-9-5-7-11-17(15)18/h4-11,18-20H,12-13H2,1-3H3,(H,25,30)(H,26,27)(H,28,29)/t19-,20+/m0/s1. The number of alkyl carbamates (subject to hydrolysis) is 1. The first kappa shape index (κ1) is 22.3. The van der Waals surface area contributed by atoms with Gasteiger partial charge in [-0.25, -0.2) is 9.59 Å². The van der Waals surface area contributed by atoms with Gasteiger partial charge in [-0.15, -0.1) is 0 Å². The smallest absolute Gasteiger partial charge is 0.407 e. The van der Waals surface area contributed by atoms with Crippen LogP contribution in [0.15, 0.2) is 48.5 Å². The Morgan fingerprint density at radius 3 is 1.90 bits per heavy atom. The van der Waals surface area contributed by atoms with Crippen LogP contribution in [0.25, 0.3) is 11.1 Å². The first-order valence-electron chi connectivity index (χ1n) is 10.2. The number of fused-ring (bicyclic) bond motifs is 3. The molecule has 1 amide bonds. The van der Waals surface area contributed by atoms with Gasteiger partial charge in [0.2, 0.25) is 0 Å². The predicted molar refractivity (Wildman–Crippen MR) is 115 cm³/mol. The molecule has 0 saturated carbocycles. The maximum atomic E-state index is 12.4. The SMILES string of the molecule is CC(C)(C)[C@@H](C[C@@H](NC(=O)OCC1c2ccccc2-c2ccccc21)C(=O)O)C(=O)O. The van der Waals surface area contributed by atoms with Crippen LogP contribution in [-0.4, -0.2) is 40.9 Å². The number of carboxylic acids is 2. The van der Waals surface area contributed by atoms with Gasteiger partial charge < -0.3 is 20.3 Å². The van der Waals surface area contributed by atoms with Gasteiger partial charge in [-0.2, -0.15) is 0 Å². The number of hydrogen-bond donors (Lipinski definition) is 3. The van der Waals surface area contributed by atoms with Crippen molar-refractivity contribution in [1.82, 2.24) is 5.32 Å². The molecule has 0 aromatic heterocycles. The van der Waals surface area contributed by atoms with Crippen molar-refractivity contribution in [2.45, 2.75) is 39.2 Å². The lowest BCUT2D eigenvalue weighted by Crippen LogP contribution is -2.45. The minimum atomic E-state index is -1.36. The van der Waals surface area contributed by atoms with E-state index in [0.717, 1.165) is 22.3 Å². The van der Waals surface area contributed by atoms with Gasteiger partial charge in [0, 0.05) is 5.92 Å². The number of carbonyl (C=O) groups is 3. The van der Waals surface area contributed by atoms with Crippen LogP contribution in [0.4, 0.5) is 4.79 Å². The number of aliphatic carboxylic acids is 2. The Hall–Kier alpha value is -3.35. The Bertz CT molecular complexity index is 948. The van der Waals surface area contributed by atoms with E-state index in [0.29, 0.717) is 0 Å². The normalized spacial score (nSPS) is 14.8. The van der Waals surface area contributed by atoms with Crippen molar-refractivity contribution in [3.8, 4) is 11.1 Å². The van der Waals surface area contributed by atoms with E-state index in [9.17, 15) is 24.6 Å². The van der Waals surface area contributed by atoms with E-state index >= 15 is 0 Å². The summed E-state index contributed by atoms with van der Waals surface area (Å²) in [5.41, 5.74) is 3.60. The molecule has 0 saturated heterocycles. The fourth-order valence-electron chi connectivity index (χ4n) is 4.06. The second-order valence-electron chi connectivity index (χ2n) is 8.85. The van der Waals surface area contributed by atoms with Crippen LogP contribution in [-0.2, 0) is 14.3 Å². The Balaban J connectivity index is 1.69. The molecule has 0 fully saturated rings. The monoisotopic (exact) mass is 425 g/mol. The first-order valence-corrected chi connectivity index (χ1v) is 10.2. The molecule has 7 nitrogen and oxygen atoms in total. The summed E-state index contributed by atoms with van der Waals surface area (Å²) in [5.74, 6) is -3.50. The molecule has 3 rings (SSSR count). The summed E-state index contributed by atoms with van der Waals surface area (Å²) >= 11 is 0. The van der Waals surface area contributed by atoms with Crippen LogP contribution < -0.4 is 5.32 Å². The molecule has 2 atom stereocenters. The third-order valence-electron chi connectivity index (χ3n) is 5.75. The zero-order valence-electron chi connectivity index (χ0n) is 17.8. The van der Waals surface area contributed by atoms with Crippen LogP contribution in [0, 0.1) is 11.3 Å². The molecule has 0 aliphatic heterocycles. The van der Waals surface area contributed by atoms with E-state index in [4.69, 9.17) is 4.74 Å². The zero-order valence-corrected chi connectivity index (χ0v) is 17.8. The molecule has 0 spiro atoms. The molecule has 2 aromatic rings. The predicted octanol–water partition coefficient (Wildman–Crippen LogP) is 4.12. The maximum absolute atomic E-state index is 12.4. The highest BCUT2D eigenvalue weighted by Gasteiger charge is 2.36. The summed E-state index contributed by atoms with van der Waals surface area (Å²) in [6, 6.07) is 14.4. The van der Waals surface area contributed by atoms with Gasteiger partial charge in [0.15, 0.2) is 0 Å². The molecule has 2 aromatic carbocycles. The van der Waals surface area contributed by atoms with Crippen molar-refractivity contribution in [2.75, 3.05) is 6.61 Å². The topological polar surface area (TPSA) is 113 Å². The van der Waals surface area contributed by atoms with Gasteiger partial charge in [-0.1, -0.05) is 69.3 Å². The van der Waals surface area contributed by atoms with Crippen LogP contribution in [0.3, 0.4) is 0 Å². The number of carbonyl (C=O) groups excluding carboxylic acids is 1. The summed E-state index contributed by atoms with van der Waals surface area (Å²) in [4.78, 5) is 35.6. The van der Waals surface area contributed by atoms with Crippen molar-refractivity contribution >= 4 is 18.0 Å².